The molecule has 0 radical (unpaired) electrons. The van der Waals surface area contributed by atoms with Crippen LogP contribution < -0.4 is 5.73 Å². The summed E-state index contributed by atoms with van der Waals surface area (Å²) in [6.07, 6.45) is 4.65. The number of nitrogens with zero attached hydrogens (tertiary/aromatic N) is 4. The summed E-state index contributed by atoms with van der Waals surface area (Å²) in [6, 6.07) is 0.306. The molecule has 2 rings (SSSR count). The standard InChI is InChI=1S/C12H21N5/c1-16-5-6-17(2)11(9-16)12-14-7-10(3-4-13)8-15-12/h7-8,11H,3-6,9,13H2,1-2H3. The van der Waals surface area contributed by atoms with Gasteiger partial charge >= 0.3 is 0 Å². The molecule has 1 atom stereocenters. The van der Waals surface area contributed by atoms with Gasteiger partial charge in [-0.15, -0.1) is 0 Å². The van der Waals surface area contributed by atoms with Gasteiger partial charge in [0.2, 0.25) is 0 Å². The van der Waals surface area contributed by atoms with Crippen molar-refractivity contribution >= 4 is 0 Å². The average Bonchev–Trinajstić information content (AvgIpc) is 2.34. The topological polar surface area (TPSA) is 58.3 Å². The van der Waals surface area contributed by atoms with Gasteiger partial charge in [-0.1, -0.05) is 0 Å². The molecule has 17 heavy (non-hydrogen) atoms. The number of hydrogen-bond acceptors (Lipinski definition) is 5. The molecule has 0 aliphatic carbocycles. The zero-order valence-electron chi connectivity index (χ0n) is 10.6. The largest absolute Gasteiger partial charge is 0.330 e. The Morgan fingerprint density at radius 2 is 2.00 bits per heavy atom. The number of rotatable bonds is 3. The van der Waals surface area contributed by atoms with E-state index < -0.39 is 0 Å². The SMILES string of the molecule is CN1CCN(C)C(c2ncc(CCN)cn2)C1. The highest BCUT2D eigenvalue weighted by atomic mass is 15.3. The Morgan fingerprint density at radius 1 is 1.29 bits per heavy atom. The summed E-state index contributed by atoms with van der Waals surface area (Å²) in [4.78, 5) is 13.6. The van der Waals surface area contributed by atoms with Crippen LogP contribution in [0.5, 0.6) is 0 Å². The second kappa shape index (κ2) is 5.53. The number of piperazine rings is 1. The highest BCUT2D eigenvalue weighted by Crippen LogP contribution is 2.19. The molecule has 0 aromatic carbocycles. The van der Waals surface area contributed by atoms with E-state index in [2.05, 4.69) is 33.9 Å². The molecule has 1 aliphatic heterocycles. The Bertz CT molecular complexity index is 350. The fourth-order valence-electron chi connectivity index (χ4n) is 2.12. The molecule has 0 amide bonds. The lowest BCUT2D eigenvalue weighted by molar-refractivity contribution is 0.109. The summed E-state index contributed by atoms with van der Waals surface area (Å²) in [7, 11) is 4.28. The maximum Gasteiger partial charge on any atom is 0.146 e. The van der Waals surface area contributed by atoms with Gasteiger partial charge in [-0.25, -0.2) is 9.97 Å². The lowest BCUT2D eigenvalue weighted by Gasteiger charge is -2.36. The average molecular weight is 235 g/mol. The Balaban J connectivity index is 2.10. The van der Waals surface area contributed by atoms with Gasteiger partial charge in [-0.3, -0.25) is 4.90 Å². The van der Waals surface area contributed by atoms with E-state index in [0.717, 1.165) is 37.4 Å². The van der Waals surface area contributed by atoms with E-state index in [1.54, 1.807) is 0 Å². The maximum atomic E-state index is 5.51. The number of likely N-dealkylation sites (N-methyl/N-ethyl adjacent to an activating group) is 2. The van der Waals surface area contributed by atoms with Gasteiger partial charge in [0.1, 0.15) is 5.82 Å². The predicted molar refractivity (Wildman–Crippen MR) is 67.7 cm³/mol. The molecule has 94 valence electrons. The van der Waals surface area contributed by atoms with E-state index >= 15 is 0 Å². The van der Waals surface area contributed by atoms with Crippen LogP contribution in [0.3, 0.4) is 0 Å². The first-order chi connectivity index (χ1) is 8.20. The smallest absolute Gasteiger partial charge is 0.146 e. The van der Waals surface area contributed by atoms with Crippen molar-refractivity contribution in [2.75, 3.05) is 40.3 Å². The molecule has 2 heterocycles. The van der Waals surface area contributed by atoms with Gasteiger partial charge in [-0.05, 0) is 32.6 Å². The van der Waals surface area contributed by atoms with Gasteiger partial charge < -0.3 is 10.6 Å². The summed E-state index contributed by atoms with van der Waals surface area (Å²) >= 11 is 0. The Labute approximate surface area is 103 Å². The van der Waals surface area contributed by atoms with Gasteiger partial charge in [0.25, 0.3) is 0 Å². The molecule has 5 nitrogen and oxygen atoms in total. The quantitative estimate of drug-likeness (QED) is 0.792. The third-order valence-corrected chi connectivity index (χ3v) is 3.31. The summed E-state index contributed by atoms with van der Waals surface area (Å²) in [6.45, 7) is 3.81. The van der Waals surface area contributed by atoms with Crippen molar-refractivity contribution in [1.29, 1.82) is 0 Å². The highest BCUT2D eigenvalue weighted by molar-refractivity contribution is 5.08. The van der Waals surface area contributed by atoms with E-state index in [0.29, 0.717) is 12.6 Å². The van der Waals surface area contributed by atoms with E-state index in [1.807, 2.05) is 12.4 Å². The van der Waals surface area contributed by atoms with E-state index in [9.17, 15) is 0 Å². The maximum absolute atomic E-state index is 5.51. The van der Waals surface area contributed by atoms with Crippen molar-refractivity contribution < 1.29 is 0 Å². The van der Waals surface area contributed by atoms with Gasteiger partial charge in [0.05, 0.1) is 6.04 Å². The van der Waals surface area contributed by atoms with Gasteiger partial charge in [0.15, 0.2) is 0 Å². The van der Waals surface area contributed by atoms with Gasteiger partial charge in [0, 0.05) is 32.0 Å². The normalized spacial score (nSPS) is 22.9. The Kier molecular flexibility index (Phi) is 4.04. The molecule has 1 fully saturated rings. The second-order valence-electron chi connectivity index (χ2n) is 4.75. The third-order valence-electron chi connectivity index (χ3n) is 3.31. The van der Waals surface area contributed by atoms with Crippen LogP contribution in [0, 0.1) is 0 Å². The summed E-state index contributed by atoms with van der Waals surface area (Å²) in [5, 5.41) is 0. The fraction of sp³-hybridized carbons (Fsp3) is 0.667. The molecule has 0 bridgehead atoms. The molecule has 1 unspecified atom stereocenters. The molecule has 1 aromatic heterocycles. The van der Waals surface area contributed by atoms with Crippen molar-refractivity contribution in [3.63, 3.8) is 0 Å². The van der Waals surface area contributed by atoms with Crippen molar-refractivity contribution in [3.05, 3.63) is 23.8 Å². The van der Waals surface area contributed by atoms with Crippen LogP contribution in [-0.2, 0) is 6.42 Å². The molecule has 1 saturated heterocycles. The molecule has 0 spiro atoms. The fourth-order valence-corrected chi connectivity index (χ4v) is 2.12. The highest BCUT2D eigenvalue weighted by Gasteiger charge is 2.25. The monoisotopic (exact) mass is 235 g/mol. The number of aromatic nitrogens is 2. The van der Waals surface area contributed by atoms with Gasteiger partial charge in [-0.2, -0.15) is 0 Å². The first-order valence-electron chi connectivity index (χ1n) is 6.10. The number of nitrogens with two attached hydrogens (primary N) is 1. The molecular formula is C12H21N5. The summed E-state index contributed by atoms with van der Waals surface area (Å²) < 4.78 is 0. The molecule has 1 aliphatic rings. The molecule has 2 N–H and O–H groups in total. The van der Waals surface area contributed by atoms with Crippen LogP contribution >= 0.6 is 0 Å². The minimum Gasteiger partial charge on any atom is -0.330 e. The van der Waals surface area contributed by atoms with Crippen molar-refractivity contribution in [2.45, 2.75) is 12.5 Å². The van der Waals surface area contributed by atoms with Crippen LogP contribution in [-0.4, -0.2) is 60.0 Å². The van der Waals surface area contributed by atoms with Crippen LogP contribution in [0.1, 0.15) is 17.4 Å². The van der Waals surface area contributed by atoms with Crippen molar-refractivity contribution in [3.8, 4) is 0 Å². The first kappa shape index (κ1) is 12.4. The minimum absolute atomic E-state index is 0.306. The lowest BCUT2D eigenvalue weighted by atomic mass is 10.1. The Morgan fingerprint density at radius 3 is 2.65 bits per heavy atom. The van der Waals surface area contributed by atoms with Crippen molar-refractivity contribution in [1.82, 2.24) is 19.8 Å². The molecule has 1 aromatic rings. The summed E-state index contributed by atoms with van der Waals surface area (Å²) in [5.74, 6) is 0.917. The van der Waals surface area contributed by atoms with E-state index in [1.165, 1.54) is 0 Å². The molecule has 5 heteroatoms. The van der Waals surface area contributed by atoms with E-state index in [-0.39, 0.29) is 0 Å². The van der Waals surface area contributed by atoms with Crippen LogP contribution in [0.15, 0.2) is 12.4 Å². The summed E-state index contributed by atoms with van der Waals surface area (Å²) in [5.41, 5.74) is 6.63. The minimum atomic E-state index is 0.306. The van der Waals surface area contributed by atoms with Crippen LogP contribution in [0.4, 0.5) is 0 Å². The zero-order chi connectivity index (χ0) is 12.3. The van der Waals surface area contributed by atoms with Crippen molar-refractivity contribution in [2.24, 2.45) is 5.73 Å². The van der Waals surface area contributed by atoms with Crippen LogP contribution in [0.2, 0.25) is 0 Å². The molecular weight excluding hydrogens is 214 g/mol. The van der Waals surface area contributed by atoms with E-state index in [4.69, 9.17) is 5.73 Å². The third kappa shape index (κ3) is 3.00. The predicted octanol–water partition coefficient (Wildman–Crippen LogP) is -0.104. The number of hydrogen-bond donors (Lipinski definition) is 1. The zero-order valence-corrected chi connectivity index (χ0v) is 10.6. The lowest BCUT2D eigenvalue weighted by Crippen LogP contribution is -2.45. The first-order valence-corrected chi connectivity index (χ1v) is 6.10. The van der Waals surface area contributed by atoms with Crippen LogP contribution in [0.25, 0.3) is 0 Å². The molecule has 0 saturated carbocycles. The Hall–Kier alpha value is -1.04. The second-order valence-corrected chi connectivity index (χ2v) is 4.75.